The number of sulfonamides is 1. The SMILES string of the molecule is O=C(CN1C(=O)c2ccccc2S1(=O)=O)NCCc1ccccc1F. The molecule has 25 heavy (non-hydrogen) atoms. The van der Waals surface area contributed by atoms with Crippen LogP contribution in [-0.2, 0) is 21.2 Å². The first-order valence-electron chi connectivity index (χ1n) is 7.57. The standard InChI is InChI=1S/C17H15FN2O4S/c18-14-7-3-1-5-12(14)9-10-19-16(21)11-20-17(22)13-6-2-4-8-15(13)25(20,23)24/h1-8H,9-11H2,(H,19,21). The number of carbonyl (C=O) groups is 2. The Hall–Kier alpha value is -2.74. The predicted molar refractivity (Wildman–Crippen MR) is 87.8 cm³/mol. The summed E-state index contributed by atoms with van der Waals surface area (Å²) in [5.41, 5.74) is 0.502. The quantitative estimate of drug-likeness (QED) is 0.870. The minimum Gasteiger partial charge on any atom is -0.354 e. The van der Waals surface area contributed by atoms with Gasteiger partial charge in [0, 0.05) is 6.54 Å². The van der Waals surface area contributed by atoms with Crippen LogP contribution < -0.4 is 5.32 Å². The highest BCUT2D eigenvalue weighted by Crippen LogP contribution is 2.29. The van der Waals surface area contributed by atoms with Crippen LogP contribution in [0.5, 0.6) is 0 Å². The second-order valence-electron chi connectivity index (χ2n) is 5.50. The van der Waals surface area contributed by atoms with Gasteiger partial charge in [0.25, 0.3) is 15.9 Å². The Morgan fingerprint density at radius 2 is 1.76 bits per heavy atom. The molecule has 1 aliphatic rings. The largest absolute Gasteiger partial charge is 0.354 e. The predicted octanol–water partition coefficient (Wildman–Crippen LogP) is 1.33. The first kappa shape index (κ1) is 17.1. The van der Waals surface area contributed by atoms with E-state index in [2.05, 4.69) is 5.32 Å². The van der Waals surface area contributed by atoms with Gasteiger partial charge in [0.15, 0.2) is 0 Å². The lowest BCUT2D eigenvalue weighted by atomic mass is 10.1. The number of rotatable bonds is 5. The highest BCUT2D eigenvalue weighted by atomic mass is 32.2. The van der Waals surface area contributed by atoms with E-state index >= 15 is 0 Å². The van der Waals surface area contributed by atoms with Gasteiger partial charge in [0.2, 0.25) is 5.91 Å². The Morgan fingerprint density at radius 1 is 1.08 bits per heavy atom. The lowest BCUT2D eigenvalue weighted by Crippen LogP contribution is -2.40. The maximum Gasteiger partial charge on any atom is 0.269 e. The van der Waals surface area contributed by atoms with Crippen LogP contribution in [0.4, 0.5) is 4.39 Å². The van der Waals surface area contributed by atoms with Crippen LogP contribution in [0.3, 0.4) is 0 Å². The van der Waals surface area contributed by atoms with Gasteiger partial charge in [-0.15, -0.1) is 0 Å². The number of nitrogens with zero attached hydrogens (tertiary/aromatic N) is 1. The summed E-state index contributed by atoms with van der Waals surface area (Å²) in [4.78, 5) is 24.1. The van der Waals surface area contributed by atoms with Gasteiger partial charge in [0.05, 0.1) is 5.56 Å². The molecular formula is C17H15FN2O4S. The summed E-state index contributed by atoms with van der Waals surface area (Å²) in [6.07, 6.45) is 0.263. The van der Waals surface area contributed by atoms with Crippen molar-refractivity contribution in [3.05, 3.63) is 65.5 Å². The maximum atomic E-state index is 13.5. The Bertz CT molecular complexity index is 943. The molecule has 1 aliphatic heterocycles. The van der Waals surface area contributed by atoms with Crippen LogP contribution in [0.25, 0.3) is 0 Å². The van der Waals surface area contributed by atoms with Crippen molar-refractivity contribution in [2.75, 3.05) is 13.1 Å². The molecule has 2 aromatic rings. The Balaban J connectivity index is 1.62. The van der Waals surface area contributed by atoms with Crippen LogP contribution >= 0.6 is 0 Å². The molecule has 0 unspecified atom stereocenters. The molecule has 3 rings (SSSR count). The van der Waals surface area contributed by atoms with Crippen molar-refractivity contribution in [1.29, 1.82) is 0 Å². The van der Waals surface area contributed by atoms with Gasteiger partial charge in [0.1, 0.15) is 17.3 Å². The molecule has 0 saturated carbocycles. The maximum absolute atomic E-state index is 13.5. The van der Waals surface area contributed by atoms with Gasteiger partial charge in [-0.1, -0.05) is 30.3 Å². The molecule has 0 fully saturated rings. The number of carbonyl (C=O) groups excluding carboxylic acids is 2. The second kappa shape index (κ2) is 6.64. The molecule has 0 saturated heterocycles. The van der Waals surface area contributed by atoms with E-state index in [1.165, 1.54) is 24.3 Å². The van der Waals surface area contributed by atoms with E-state index in [1.54, 1.807) is 24.3 Å². The fourth-order valence-electron chi connectivity index (χ4n) is 2.61. The first-order chi connectivity index (χ1) is 11.9. The second-order valence-corrected chi connectivity index (χ2v) is 7.34. The van der Waals surface area contributed by atoms with E-state index in [9.17, 15) is 22.4 Å². The van der Waals surface area contributed by atoms with Crippen molar-refractivity contribution >= 4 is 21.8 Å². The molecule has 0 aromatic heterocycles. The lowest BCUT2D eigenvalue weighted by molar-refractivity contribution is -0.121. The van der Waals surface area contributed by atoms with Crippen molar-refractivity contribution in [2.45, 2.75) is 11.3 Å². The van der Waals surface area contributed by atoms with Gasteiger partial charge < -0.3 is 5.32 Å². The van der Waals surface area contributed by atoms with Gasteiger partial charge in [-0.05, 0) is 30.2 Å². The molecule has 0 aliphatic carbocycles. The fourth-order valence-corrected chi connectivity index (χ4v) is 4.14. The molecule has 0 atom stereocenters. The number of hydrogen-bond donors (Lipinski definition) is 1. The first-order valence-corrected chi connectivity index (χ1v) is 9.01. The smallest absolute Gasteiger partial charge is 0.269 e. The molecule has 1 N–H and O–H groups in total. The zero-order chi connectivity index (χ0) is 18.0. The number of amides is 2. The number of hydrogen-bond acceptors (Lipinski definition) is 4. The molecule has 2 aromatic carbocycles. The van der Waals surface area contributed by atoms with Crippen LogP contribution in [0.1, 0.15) is 15.9 Å². The van der Waals surface area contributed by atoms with Crippen LogP contribution in [-0.4, -0.2) is 37.6 Å². The molecule has 2 amide bonds. The van der Waals surface area contributed by atoms with Crippen molar-refractivity contribution in [3.8, 4) is 0 Å². The van der Waals surface area contributed by atoms with E-state index in [4.69, 9.17) is 0 Å². The third-order valence-corrected chi connectivity index (χ3v) is 5.66. The van der Waals surface area contributed by atoms with E-state index in [0.29, 0.717) is 9.87 Å². The molecular weight excluding hydrogens is 347 g/mol. The summed E-state index contributed by atoms with van der Waals surface area (Å²) in [6.45, 7) is -0.470. The monoisotopic (exact) mass is 362 g/mol. The van der Waals surface area contributed by atoms with Crippen molar-refractivity contribution < 1.29 is 22.4 Å². The zero-order valence-electron chi connectivity index (χ0n) is 13.1. The molecule has 0 bridgehead atoms. The lowest BCUT2D eigenvalue weighted by Gasteiger charge is -2.14. The summed E-state index contributed by atoms with van der Waals surface area (Å²) < 4.78 is 38.7. The molecule has 0 radical (unpaired) electrons. The average molecular weight is 362 g/mol. The minimum absolute atomic E-state index is 0.0571. The summed E-state index contributed by atoms with van der Waals surface area (Å²) in [5, 5.41) is 2.51. The molecule has 0 spiro atoms. The van der Waals surface area contributed by atoms with Crippen LogP contribution in [0.15, 0.2) is 53.4 Å². The van der Waals surface area contributed by atoms with Gasteiger partial charge in [-0.2, -0.15) is 0 Å². The number of halogens is 1. The molecule has 8 heteroatoms. The third kappa shape index (κ3) is 3.25. The minimum atomic E-state index is -4.01. The van der Waals surface area contributed by atoms with E-state index < -0.39 is 28.4 Å². The summed E-state index contributed by atoms with van der Waals surface area (Å²) >= 11 is 0. The van der Waals surface area contributed by atoms with Gasteiger partial charge in [-0.25, -0.2) is 17.1 Å². The highest BCUT2D eigenvalue weighted by molar-refractivity contribution is 7.90. The fraction of sp³-hybridized carbons (Fsp3) is 0.176. The molecule has 1 heterocycles. The van der Waals surface area contributed by atoms with E-state index in [-0.39, 0.29) is 29.2 Å². The van der Waals surface area contributed by atoms with Crippen LogP contribution in [0, 0.1) is 5.82 Å². The average Bonchev–Trinajstić information content (AvgIpc) is 2.78. The summed E-state index contributed by atoms with van der Waals surface area (Å²) in [6, 6.07) is 12.0. The Labute approximate surface area is 144 Å². The van der Waals surface area contributed by atoms with E-state index in [0.717, 1.165) is 0 Å². The highest BCUT2D eigenvalue weighted by Gasteiger charge is 2.41. The normalized spacial score (nSPS) is 15.1. The number of fused-ring (bicyclic) bond motifs is 1. The number of benzene rings is 2. The van der Waals surface area contributed by atoms with Crippen molar-refractivity contribution in [2.24, 2.45) is 0 Å². The topological polar surface area (TPSA) is 83.6 Å². The summed E-state index contributed by atoms with van der Waals surface area (Å²) in [7, 11) is -4.01. The van der Waals surface area contributed by atoms with Gasteiger partial charge in [-0.3, -0.25) is 9.59 Å². The van der Waals surface area contributed by atoms with Gasteiger partial charge >= 0.3 is 0 Å². The molecule has 6 nitrogen and oxygen atoms in total. The summed E-state index contributed by atoms with van der Waals surface area (Å²) in [5.74, 6) is -1.72. The Morgan fingerprint density at radius 3 is 2.48 bits per heavy atom. The van der Waals surface area contributed by atoms with Crippen molar-refractivity contribution in [3.63, 3.8) is 0 Å². The third-order valence-electron chi connectivity index (χ3n) is 3.87. The van der Waals surface area contributed by atoms with E-state index in [1.807, 2.05) is 0 Å². The van der Waals surface area contributed by atoms with Crippen molar-refractivity contribution in [1.82, 2.24) is 9.62 Å². The molecule has 130 valence electrons. The Kier molecular flexibility index (Phi) is 4.54. The number of nitrogens with one attached hydrogen (secondary N) is 1. The zero-order valence-corrected chi connectivity index (χ0v) is 13.9. The van der Waals surface area contributed by atoms with Crippen LogP contribution in [0.2, 0.25) is 0 Å².